The van der Waals surface area contributed by atoms with Crippen LogP contribution in [-0.4, -0.2) is 46.4 Å². The zero-order chi connectivity index (χ0) is 27.5. The predicted octanol–water partition coefficient (Wildman–Crippen LogP) is 6.38. The Morgan fingerprint density at radius 3 is 2.54 bits per heavy atom. The van der Waals surface area contributed by atoms with E-state index < -0.39 is 6.04 Å². The van der Waals surface area contributed by atoms with Gasteiger partial charge in [-0.25, -0.2) is 0 Å². The number of fused-ring (bicyclic) bond motifs is 1. The number of nitrogens with one attached hydrogen (secondary N) is 1. The van der Waals surface area contributed by atoms with Crippen LogP contribution in [0, 0.1) is 0 Å². The van der Waals surface area contributed by atoms with Gasteiger partial charge >= 0.3 is 0 Å². The number of H-pyrrole nitrogens is 1. The van der Waals surface area contributed by atoms with Gasteiger partial charge < -0.3 is 24.2 Å². The first-order valence-electron chi connectivity index (χ1n) is 12.9. The highest BCUT2D eigenvalue weighted by atomic mass is 35.5. The number of methoxy groups -OCH3 is 1. The maximum atomic E-state index is 13.8. The molecule has 0 saturated carbocycles. The van der Waals surface area contributed by atoms with Gasteiger partial charge in [0, 0.05) is 22.7 Å². The Labute approximate surface area is 232 Å². The number of hydrogen-bond donors (Lipinski definition) is 2. The van der Waals surface area contributed by atoms with Crippen LogP contribution in [0.2, 0.25) is 5.02 Å². The van der Waals surface area contributed by atoms with Gasteiger partial charge in [-0.3, -0.25) is 9.89 Å². The minimum absolute atomic E-state index is 0.0202. The van der Waals surface area contributed by atoms with Crippen LogP contribution in [0.25, 0.3) is 11.3 Å². The molecule has 1 aliphatic heterocycles. The van der Waals surface area contributed by atoms with Crippen LogP contribution in [0.1, 0.15) is 53.5 Å². The lowest BCUT2D eigenvalue weighted by atomic mass is 9.95. The number of benzene rings is 3. The molecule has 2 N–H and O–H groups in total. The van der Waals surface area contributed by atoms with Gasteiger partial charge in [-0.05, 0) is 66.9 Å². The molecule has 1 unspecified atom stereocenters. The summed E-state index contributed by atoms with van der Waals surface area (Å²) < 4.78 is 17.1. The third-order valence-corrected chi connectivity index (χ3v) is 6.87. The van der Waals surface area contributed by atoms with Crippen molar-refractivity contribution in [3.05, 3.63) is 88.1 Å². The van der Waals surface area contributed by atoms with Crippen LogP contribution in [-0.2, 0) is 6.54 Å². The van der Waals surface area contributed by atoms with E-state index in [1.165, 1.54) is 6.07 Å². The Morgan fingerprint density at radius 1 is 1.03 bits per heavy atom. The average Bonchev–Trinajstić information content (AvgIpc) is 3.48. The van der Waals surface area contributed by atoms with E-state index in [2.05, 4.69) is 10.2 Å². The van der Waals surface area contributed by atoms with E-state index in [9.17, 15) is 9.90 Å². The van der Waals surface area contributed by atoms with Crippen molar-refractivity contribution >= 4 is 17.5 Å². The molecule has 3 aromatic carbocycles. The Morgan fingerprint density at radius 2 is 1.82 bits per heavy atom. The highest BCUT2D eigenvalue weighted by molar-refractivity contribution is 6.31. The van der Waals surface area contributed by atoms with E-state index in [-0.39, 0.29) is 11.7 Å². The number of carbonyl (C=O) groups excluding carboxylic acids is 1. The van der Waals surface area contributed by atoms with Crippen molar-refractivity contribution in [3.63, 3.8) is 0 Å². The second-order valence-electron chi connectivity index (χ2n) is 9.19. The van der Waals surface area contributed by atoms with Gasteiger partial charge in [-0.15, -0.1) is 0 Å². The lowest BCUT2D eigenvalue weighted by Crippen LogP contribution is -2.29. The van der Waals surface area contributed by atoms with Crippen molar-refractivity contribution in [1.82, 2.24) is 15.1 Å². The molecular formula is C30H30ClN3O5. The highest BCUT2D eigenvalue weighted by Crippen LogP contribution is 2.47. The molecule has 0 saturated heterocycles. The molecule has 0 radical (unpaired) electrons. The Bertz CT molecular complexity index is 1480. The smallest absolute Gasteiger partial charge is 0.273 e. The quantitative estimate of drug-likeness (QED) is 0.239. The van der Waals surface area contributed by atoms with Crippen LogP contribution in [0.5, 0.6) is 23.0 Å². The van der Waals surface area contributed by atoms with Crippen LogP contribution >= 0.6 is 11.6 Å². The highest BCUT2D eigenvalue weighted by Gasteiger charge is 2.43. The fourth-order valence-electron chi connectivity index (χ4n) is 4.83. The first-order valence-corrected chi connectivity index (χ1v) is 13.2. The fourth-order valence-corrected chi connectivity index (χ4v) is 5.00. The molecule has 0 bridgehead atoms. The molecule has 202 valence electrons. The molecule has 1 aliphatic rings. The lowest BCUT2D eigenvalue weighted by molar-refractivity contribution is 0.0729. The first-order chi connectivity index (χ1) is 18.9. The molecule has 1 amide bonds. The summed E-state index contributed by atoms with van der Waals surface area (Å²) in [6, 6.07) is 17.6. The molecule has 0 spiro atoms. The molecule has 5 rings (SSSR count). The first kappa shape index (κ1) is 26.4. The summed E-state index contributed by atoms with van der Waals surface area (Å²) in [6.07, 6.45) is 0.866. The van der Waals surface area contributed by atoms with Crippen molar-refractivity contribution in [2.45, 2.75) is 32.9 Å². The largest absolute Gasteiger partial charge is 0.507 e. The second kappa shape index (κ2) is 11.3. The topological polar surface area (TPSA) is 96.9 Å². The van der Waals surface area contributed by atoms with E-state index in [1.54, 1.807) is 24.1 Å². The molecule has 9 heteroatoms. The molecule has 39 heavy (non-hydrogen) atoms. The lowest BCUT2D eigenvalue weighted by Gasteiger charge is -2.27. The third-order valence-electron chi connectivity index (χ3n) is 6.63. The summed E-state index contributed by atoms with van der Waals surface area (Å²) in [4.78, 5) is 15.6. The van der Waals surface area contributed by atoms with Crippen molar-refractivity contribution in [1.29, 1.82) is 0 Å². The molecule has 1 aromatic heterocycles. The fraction of sp³-hybridized carbons (Fsp3) is 0.267. The van der Waals surface area contributed by atoms with E-state index in [0.29, 0.717) is 58.8 Å². The van der Waals surface area contributed by atoms with Gasteiger partial charge in [-0.2, -0.15) is 5.10 Å². The van der Waals surface area contributed by atoms with E-state index in [0.717, 1.165) is 23.3 Å². The van der Waals surface area contributed by atoms with Gasteiger partial charge in [0.2, 0.25) is 0 Å². The third kappa shape index (κ3) is 5.12. The molecule has 8 nitrogen and oxygen atoms in total. The van der Waals surface area contributed by atoms with Crippen LogP contribution in [0.3, 0.4) is 0 Å². The average molecular weight is 548 g/mol. The number of aromatic hydroxyl groups is 1. The van der Waals surface area contributed by atoms with Crippen LogP contribution < -0.4 is 14.2 Å². The van der Waals surface area contributed by atoms with Crippen molar-refractivity contribution < 1.29 is 24.1 Å². The molecular weight excluding hydrogens is 518 g/mol. The minimum atomic E-state index is -0.513. The number of aromatic amines is 1. The number of nitrogens with zero attached hydrogens (tertiary/aromatic N) is 2. The van der Waals surface area contributed by atoms with Crippen molar-refractivity contribution in [2.24, 2.45) is 0 Å². The summed E-state index contributed by atoms with van der Waals surface area (Å²) >= 11 is 6.27. The number of amides is 1. The van der Waals surface area contributed by atoms with Crippen molar-refractivity contribution in [3.8, 4) is 34.3 Å². The number of phenols is 1. The van der Waals surface area contributed by atoms with Crippen molar-refractivity contribution in [2.75, 3.05) is 20.3 Å². The number of ether oxygens (including phenoxy) is 3. The Hall–Kier alpha value is -4.17. The van der Waals surface area contributed by atoms with Gasteiger partial charge in [0.25, 0.3) is 5.91 Å². The van der Waals surface area contributed by atoms with Crippen LogP contribution in [0.4, 0.5) is 0 Å². The normalized spacial score (nSPS) is 14.4. The van der Waals surface area contributed by atoms with Gasteiger partial charge in [0.15, 0.2) is 11.5 Å². The standard InChI is InChI=1S/C30H30ClN3O5/c1-4-14-39-24-13-8-19(15-25(24)38-5-2)29-26-27(22-16-20(31)9-12-23(22)35)32-33-28(26)30(36)34(29)17-18-6-10-21(37-3)11-7-18/h6-13,15-16,29,35H,4-5,14,17H2,1-3H3,(H,32,33). The van der Waals surface area contributed by atoms with Gasteiger partial charge in [0.05, 0.1) is 26.4 Å². The summed E-state index contributed by atoms with van der Waals surface area (Å²) in [5.74, 6) is 1.81. The summed E-state index contributed by atoms with van der Waals surface area (Å²) in [5, 5.41) is 18.5. The van der Waals surface area contributed by atoms with E-state index in [4.69, 9.17) is 25.8 Å². The Balaban J connectivity index is 1.64. The van der Waals surface area contributed by atoms with E-state index in [1.807, 2.05) is 56.3 Å². The number of carbonyl (C=O) groups is 1. The SMILES string of the molecule is CCCOc1ccc(C2c3c(-c4cc(Cl)ccc4O)n[nH]c3C(=O)N2Cc2ccc(OC)cc2)cc1OCC. The number of hydrogen-bond acceptors (Lipinski definition) is 6. The zero-order valence-corrected chi connectivity index (χ0v) is 22.8. The number of rotatable bonds is 10. The number of aromatic nitrogens is 2. The molecule has 4 aromatic rings. The number of phenolic OH excluding ortho intramolecular Hbond substituents is 1. The molecule has 2 heterocycles. The van der Waals surface area contributed by atoms with Gasteiger partial charge in [0.1, 0.15) is 22.9 Å². The predicted molar refractivity (Wildman–Crippen MR) is 149 cm³/mol. The minimum Gasteiger partial charge on any atom is -0.507 e. The summed E-state index contributed by atoms with van der Waals surface area (Å²) in [7, 11) is 1.62. The second-order valence-corrected chi connectivity index (χ2v) is 9.63. The van der Waals surface area contributed by atoms with Crippen LogP contribution in [0.15, 0.2) is 60.7 Å². The zero-order valence-electron chi connectivity index (χ0n) is 22.0. The van der Waals surface area contributed by atoms with E-state index >= 15 is 0 Å². The summed E-state index contributed by atoms with van der Waals surface area (Å²) in [5.41, 5.74) is 3.70. The number of halogens is 1. The van der Waals surface area contributed by atoms with Gasteiger partial charge in [-0.1, -0.05) is 36.7 Å². The molecule has 0 fully saturated rings. The molecule has 1 atom stereocenters. The maximum absolute atomic E-state index is 13.8. The Kier molecular flexibility index (Phi) is 7.65. The monoisotopic (exact) mass is 547 g/mol. The summed E-state index contributed by atoms with van der Waals surface area (Å²) in [6.45, 7) is 5.33. The maximum Gasteiger partial charge on any atom is 0.273 e. The molecule has 0 aliphatic carbocycles.